The summed E-state index contributed by atoms with van der Waals surface area (Å²) in [5.74, 6) is 1.21. The molecule has 4 rings (SSSR count). The second-order valence-electron chi connectivity index (χ2n) is 8.94. The van der Waals surface area contributed by atoms with Gasteiger partial charge >= 0.3 is 6.11 Å². The largest absolute Gasteiger partial charge is 0.429 e. The molecule has 1 saturated heterocycles. The molecule has 6 heteroatoms. The normalized spacial score (nSPS) is 27.1. The fraction of sp³-hybridized carbons (Fsp3) is 0.520. The highest BCUT2D eigenvalue weighted by Crippen LogP contribution is 2.39. The molecule has 2 aliphatic rings. The van der Waals surface area contributed by atoms with E-state index in [1.54, 1.807) is 43.3 Å². The molecule has 1 aliphatic carbocycles. The van der Waals surface area contributed by atoms with Gasteiger partial charge in [-0.15, -0.1) is 9.24 Å². The van der Waals surface area contributed by atoms with Crippen LogP contribution in [0.1, 0.15) is 54.2 Å². The van der Waals surface area contributed by atoms with Crippen molar-refractivity contribution in [3.63, 3.8) is 0 Å². The van der Waals surface area contributed by atoms with Gasteiger partial charge in [0.1, 0.15) is 5.75 Å². The van der Waals surface area contributed by atoms with Crippen molar-refractivity contribution in [1.82, 2.24) is 0 Å². The Morgan fingerprint density at radius 2 is 1.55 bits per heavy atom. The molecule has 2 aromatic rings. The standard InChI is InChI=1S/C25H31F2O3P/c1-16-3-8-21(9-4-16)30-25(26,27)23-12-7-19(13-17(23)2)24-28-14-20(15-29-24)18-5-10-22(31)11-6-18/h3-4,7-9,12-13,18,20,22,24H,5-6,10-11,14-15,31H2,1-2H3. The smallest absolute Gasteiger partial charge is 0.426 e. The first-order valence-electron chi connectivity index (χ1n) is 11.0. The average molecular weight is 448 g/mol. The predicted octanol–water partition coefficient (Wildman–Crippen LogP) is 6.53. The molecule has 1 unspecified atom stereocenters. The summed E-state index contributed by atoms with van der Waals surface area (Å²) in [4.78, 5) is 0. The van der Waals surface area contributed by atoms with E-state index in [1.165, 1.54) is 31.7 Å². The van der Waals surface area contributed by atoms with Crippen molar-refractivity contribution in [2.75, 3.05) is 13.2 Å². The van der Waals surface area contributed by atoms with Gasteiger partial charge in [-0.25, -0.2) is 0 Å². The number of hydrogen-bond acceptors (Lipinski definition) is 3. The minimum absolute atomic E-state index is 0.139. The molecule has 3 nitrogen and oxygen atoms in total. The van der Waals surface area contributed by atoms with E-state index in [2.05, 4.69) is 9.24 Å². The highest BCUT2D eigenvalue weighted by molar-refractivity contribution is 7.17. The van der Waals surface area contributed by atoms with Gasteiger partial charge in [-0.3, -0.25) is 0 Å². The lowest BCUT2D eigenvalue weighted by atomic mass is 9.80. The fourth-order valence-electron chi connectivity index (χ4n) is 4.57. The van der Waals surface area contributed by atoms with Crippen LogP contribution in [-0.2, 0) is 15.6 Å². The van der Waals surface area contributed by atoms with Gasteiger partial charge in [0.25, 0.3) is 0 Å². The van der Waals surface area contributed by atoms with Crippen molar-refractivity contribution in [2.45, 2.75) is 57.6 Å². The number of rotatable bonds is 5. The first kappa shape index (κ1) is 22.6. The molecule has 0 aromatic heterocycles. The van der Waals surface area contributed by atoms with Crippen LogP contribution in [0.2, 0.25) is 0 Å². The first-order valence-corrected chi connectivity index (χ1v) is 11.7. The molecule has 168 valence electrons. The molecule has 0 bridgehead atoms. The second-order valence-corrected chi connectivity index (χ2v) is 9.88. The summed E-state index contributed by atoms with van der Waals surface area (Å²) in [6.07, 6.45) is 1.01. The van der Waals surface area contributed by atoms with E-state index in [4.69, 9.17) is 14.2 Å². The fourth-order valence-corrected chi connectivity index (χ4v) is 4.95. The van der Waals surface area contributed by atoms with Crippen molar-refractivity contribution in [3.05, 3.63) is 64.7 Å². The summed E-state index contributed by atoms with van der Waals surface area (Å²) >= 11 is 0. The molecule has 1 atom stereocenters. The van der Waals surface area contributed by atoms with Crippen molar-refractivity contribution in [3.8, 4) is 5.75 Å². The van der Waals surface area contributed by atoms with Crippen molar-refractivity contribution in [2.24, 2.45) is 11.8 Å². The number of aryl methyl sites for hydroxylation is 2. The number of benzene rings is 2. The Morgan fingerprint density at radius 1 is 0.903 bits per heavy atom. The molecular formula is C25H31F2O3P. The molecule has 1 heterocycles. The molecule has 1 aliphatic heterocycles. The minimum Gasteiger partial charge on any atom is -0.429 e. The Morgan fingerprint density at radius 3 is 2.16 bits per heavy atom. The lowest BCUT2D eigenvalue weighted by Crippen LogP contribution is -2.34. The Labute approximate surface area is 185 Å². The van der Waals surface area contributed by atoms with E-state index >= 15 is 0 Å². The third-order valence-corrected chi connectivity index (χ3v) is 7.18. The van der Waals surface area contributed by atoms with Gasteiger partial charge in [0.05, 0.1) is 18.8 Å². The van der Waals surface area contributed by atoms with Crippen LogP contribution in [0, 0.1) is 25.7 Å². The minimum atomic E-state index is -3.42. The number of ether oxygens (including phenoxy) is 3. The number of alkyl halides is 2. The van der Waals surface area contributed by atoms with Crippen LogP contribution in [0.5, 0.6) is 5.75 Å². The Kier molecular flexibility index (Phi) is 6.95. The van der Waals surface area contributed by atoms with E-state index in [1.807, 2.05) is 6.92 Å². The van der Waals surface area contributed by atoms with E-state index in [-0.39, 0.29) is 11.3 Å². The van der Waals surface area contributed by atoms with Gasteiger partial charge in [-0.1, -0.05) is 29.8 Å². The summed E-state index contributed by atoms with van der Waals surface area (Å²) in [7, 11) is 2.94. The van der Waals surface area contributed by atoms with Crippen LogP contribution in [-0.4, -0.2) is 18.9 Å². The van der Waals surface area contributed by atoms with Gasteiger partial charge in [-0.05, 0) is 74.9 Å². The molecular weight excluding hydrogens is 417 g/mol. The maximum atomic E-state index is 14.8. The summed E-state index contributed by atoms with van der Waals surface area (Å²) in [5, 5.41) is 0. The number of halogens is 2. The Bertz CT molecular complexity index is 871. The van der Waals surface area contributed by atoms with Crippen LogP contribution in [0.3, 0.4) is 0 Å². The van der Waals surface area contributed by atoms with E-state index in [0.29, 0.717) is 30.6 Å². The van der Waals surface area contributed by atoms with E-state index < -0.39 is 12.4 Å². The van der Waals surface area contributed by atoms with Gasteiger partial charge in [0, 0.05) is 11.5 Å². The monoisotopic (exact) mass is 448 g/mol. The van der Waals surface area contributed by atoms with Gasteiger partial charge < -0.3 is 14.2 Å². The maximum Gasteiger partial charge on any atom is 0.426 e. The SMILES string of the molecule is Cc1ccc(OC(F)(F)c2ccc(C3OCC(C4CCC(P)CC4)CO3)cc2C)cc1. The van der Waals surface area contributed by atoms with Crippen molar-refractivity contribution >= 4 is 9.24 Å². The molecule has 0 N–H and O–H groups in total. The molecule has 2 aromatic carbocycles. The quantitative estimate of drug-likeness (QED) is 0.487. The zero-order valence-corrected chi connectivity index (χ0v) is 19.3. The molecule has 0 radical (unpaired) electrons. The van der Waals surface area contributed by atoms with Crippen LogP contribution in [0.25, 0.3) is 0 Å². The molecule has 0 amide bonds. The zero-order valence-electron chi connectivity index (χ0n) is 18.2. The zero-order chi connectivity index (χ0) is 22.0. The van der Waals surface area contributed by atoms with E-state index in [0.717, 1.165) is 16.8 Å². The van der Waals surface area contributed by atoms with Gasteiger partial charge in [0.15, 0.2) is 6.29 Å². The Balaban J connectivity index is 1.39. The molecule has 31 heavy (non-hydrogen) atoms. The van der Waals surface area contributed by atoms with Crippen LogP contribution in [0.15, 0.2) is 42.5 Å². The third-order valence-electron chi connectivity index (χ3n) is 6.51. The van der Waals surface area contributed by atoms with E-state index in [9.17, 15) is 8.78 Å². The molecule has 0 spiro atoms. The lowest BCUT2D eigenvalue weighted by molar-refractivity contribution is -0.214. The van der Waals surface area contributed by atoms with Gasteiger partial charge in [-0.2, -0.15) is 8.78 Å². The highest BCUT2D eigenvalue weighted by Gasteiger charge is 2.37. The topological polar surface area (TPSA) is 27.7 Å². The summed E-state index contributed by atoms with van der Waals surface area (Å²) in [6.45, 7) is 4.88. The maximum absolute atomic E-state index is 14.8. The number of hydrogen-bond donors (Lipinski definition) is 0. The molecule has 2 fully saturated rings. The van der Waals surface area contributed by atoms with Crippen molar-refractivity contribution < 1.29 is 23.0 Å². The van der Waals surface area contributed by atoms with Crippen LogP contribution in [0.4, 0.5) is 8.78 Å². The summed E-state index contributed by atoms with van der Waals surface area (Å²) in [5.41, 5.74) is 2.79. The van der Waals surface area contributed by atoms with Crippen LogP contribution < -0.4 is 4.74 Å². The second kappa shape index (κ2) is 9.52. The molecule has 1 saturated carbocycles. The average Bonchev–Trinajstić information content (AvgIpc) is 2.76. The lowest BCUT2D eigenvalue weighted by Gasteiger charge is -2.37. The Hall–Kier alpha value is -1.55. The highest BCUT2D eigenvalue weighted by atomic mass is 31.0. The third kappa shape index (κ3) is 5.45. The summed E-state index contributed by atoms with van der Waals surface area (Å²) < 4.78 is 46.5. The predicted molar refractivity (Wildman–Crippen MR) is 120 cm³/mol. The summed E-state index contributed by atoms with van der Waals surface area (Å²) in [6, 6.07) is 11.4. The van der Waals surface area contributed by atoms with Crippen LogP contribution >= 0.6 is 9.24 Å². The first-order chi connectivity index (χ1) is 14.8. The van der Waals surface area contributed by atoms with Gasteiger partial charge in [0.2, 0.25) is 0 Å². The van der Waals surface area contributed by atoms with Crippen molar-refractivity contribution in [1.29, 1.82) is 0 Å².